The Hall–Kier alpha value is -2.43. The zero-order valence-corrected chi connectivity index (χ0v) is 15.9. The molecule has 27 heavy (non-hydrogen) atoms. The maximum atomic E-state index is 13.2. The van der Waals surface area contributed by atoms with Crippen LogP contribution in [-0.2, 0) is 14.4 Å². The third-order valence-electron chi connectivity index (χ3n) is 7.28. The van der Waals surface area contributed by atoms with Gasteiger partial charge in [-0.1, -0.05) is 24.3 Å². The third-order valence-corrected chi connectivity index (χ3v) is 7.28. The van der Waals surface area contributed by atoms with E-state index in [0.29, 0.717) is 11.8 Å². The zero-order chi connectivity index (χ0) is 19.0. The van der Waals surface area contributed by atoms with Crippen molar-refractivity contribution in [2.45, 2.75) is 27.2 Å². The second-order valence-corrected chi connectivity index (χ2v) is 8.57. The first-order chi connectivity index (χ1) is 12.9. The highest BCUT2D eigenvalue weighted by Crippen LogP contribution is 2.65. The van der Waals surface area contributed by atoms with Gasteiger partial charge < -0.3 is 0 Å². The van der Waals surface area contributed by atoms with E-state index in [1.54, 1.807) is 4.90 Å². The molecule has 5 nitrogen and oxygen atoms in total. The predicted octanol–water partition coefficient (Wildman–Crippen LogP) is 2.67. The molecule has 2 saturated carbocycles. The minimum absolute atomic E-state index is 0.0130. The van der Waals surface area contributed by atoms with E-state index in [9.17, 15) is 14.4 Å². The molecule has 3 fully saturated rings. The highest BCUT2D eigenvalue weighted by atomic mass is 16.2. The molecule has 4 aliphatic carbocycles. The van der Waals surface area contributed by atoms with Crippen LogP contribution in [0.5, 0.6) is 0 Å². The van der Waals surface area contributed by atoms with E-state index in [2.05, 4.69) is 12.2 Å². The second-order valence-electron chi connectivity index (χ2n) is 8.57. The number of benzene rings is 1. The van der Waals surface area contributed by atoms with E-state index in [4.69, 9.17) is 0 Å². The van der Waals surface area contributed by atoms with Gasteiger partial charge >= 0.3 is 0 Å². The quantitative estimate of drug-likeness (QED) is 0.612. The van der Waals surface area contributed by atoms with E-state index < -0.39 is 0 Å². The molecule has 5 heteroatoms. The monoisotopic (exact) mass is 364 g/mol. The molecular formula is C22H24N2O3. The number of nitrogens with zero attached hydrogens (tertiary/aromatic N) is 2. The molecule has 0 aromatic heterocycles. The average molecular weight is 364 g/mol. The van der Waals surface area contributed by atoms with Crippen molar-refractivity contribution in [2.75, 3.05) is 11.6 Å². The number of hydrogen-bond acceptors (Lipinski definition) is 3. The smallest absolute Gasteiger partial charge is 0.235 e. The summed E-state index contributed by atoms with van der Waals surface area (Å²) in [5.74, 6) is 0.797. The molecule has 6 rings (SSSR count). The first kappa shape index (κ1) is 16.7. The summed E-state index contributed by atoms with van der Waals surface area (Å²) >= 11 is 0. The number of anilines is 1. The number of amides is 3. The Bertz CT molecular complexity index is 869. The summed E-state index contributed by atoms with van der Waals surface area (Å²) in [5.41, 5.74) is 2.84. The largest absolute Gasteiger partial charge is 0.294 e. The fourth-order valence-corrected chi connectivity index (χ4v) is 5.67. The van der Waals surface area contributed by atoms with Gasteiger partial charge in [-0.3, -0.25) is 24.2 Å². The number of hydrogen-bond donors (Lipinski definition) is 0. The summed E-state index contributed by atoms with van der Waals surface area (Å²) in [4.78, 5) is 41.6. The number of imide groups is 1. The Labute approximate surface area is 159 Å². The molecule has 140 valence electrons. The molecule has 5 aliphatic rings. The standard InChI is InChI=1S/C22H24N2O3/c1-11-5-4-6-18(12(11)2)23(13(3)25)10-24-21(26)19-14-7-8-15(17-9-16(14)17)20(19)22(24)27/h4-8,14-17,19-20H,9-10H2,1-3H3/t14-,15-,16-,17+,19+,20+/m0/s1. The maximum absolute atomic E-state index is 13.2. The lowest BCUT2D eigenvalue weighted by Gasteiger charge is -2.37. The fourth-order valence-electron chi connectivity index (χ4n) is 5.67. The summed E-state index contributed by atoms with van der Waals surface area (Å²) in [5, 5.41) is 0. The lowest BCUT2D eigenvalue weighted by Crippen LogP contribution is -2.44. The third kappa shape index (κ3) is 2.20. The van der Waals surface area contributed by atoms with Crippen molar-refractivity contribution in [2.24, 2.45) is 35.5 Å². The molecule has 0 radical (unpaired) electrons. The molecule has 0 N–H and O–H groups in total. The molecule has 0 spiro atoms. The lowest BCUT2D eigenvalue weighted by atomic mass is 9.63. The Morgan fingerprint density at radius 2 is 1.67 bits per heavy atom. The van der Waals surface area contributed by atoms with Gasteiger partial charge in [0.1, 0.15) is 6.67 Å². The first-order valence-corrected chi connectivity index (χ1v) is 9.78. The fraction of sp³-hybridized carbons (Fsp3) is 0.500. The summed E-state index contributed by atoms with van der Waals surface area (Å²) in [6.45, 7) is 5.46. The van der Waals surface area contributed by atoms with Crippen molar-refractivity contribution in [1.29, 1.82) is 0 Å². The molecule has 1 aromatic rings. The van der Waals surface area contributed by atoms with Crippen molar-refractivity contribution in [3.05, 3.63) is 41.5 Å². The van der Waals surface area contributed by atoms with Crippen molar-refractivity contribution in [1.82, 2.24) is 4.90 Å². The van der Waals surface area contributed by atoms with Crippen LogP contribution < -0.4 is 4.90 Å². The summed E-state index contributed by atoms with van der Waals surface area (Å²) in [7, 11) is 0. The van der Waals surface area contributed by atoms with Crippen LogP contribution in [0.3, 0.4) is 0 Å². The van der Waals surface area contributed by atoms with E-state index in [0.717, 1.165) is 23.2 Å². The molecule has 0 unspecified atom stereocenters. The van der Waals surface area contributed by atoms with Gasteiger partial charge in [-0.25, -0.2) is 0 Å². The molecule has 1 saturated heterocycles. The van der Waals surface area contributed by atoms with E-state index >= 15 is 0 Å². The SMILES string of the molecule is CC(=O)N(CN1C(=O)[C@@H]2[C@H]3C=C[C@@H]([C@@H]4C[C@H]34)[C@H]2C1=O)c1cccc(C)c1C. The minimum atomic E-state index is -0.219. The van der Waals surface area contributed by atoms with Crippen LogP contribution in [0.1, 0.15) is 24.5 Å². The van der Waals surface area contributed by atoms with Gasteiger partial charge in [0.2, 0.25) is 17.7 Å². The summed E-state index contributed by atoms with van der Waals surface area (Å²) in [6, 6.07) is 5.77. The van der Waals surface area contributed by atoms with Crippen LogP contribution in [0.2, 0.25) is 0 Å². The topological polar surface area (TPSA) is 57.7 Å². The van der Waals surface area contributed by atoms with Gasteiger partial charge in [-0.15, -0.1) is 0 Å². The van der Waals surface area contributed by atoms with Gasteiger partial charge in [-0.2, -0.15) is 0 Å². The number of allylic oxidation sites excluding steroid dienone is 2. The van der Waals surface area contributed by atoms with Crippen LogP contribution in [0.4, 0.5) is 5.69 Å². The molecule has 3 amide bonds. The number of carbonyl (C=O) groups is 3. The van der Waals surface area contributed by atoms with Crippen molar-refractivity contribution in [3.63, 3.8) is 0 Å². The van der Waals surface area contributed by atoms with Gasteiger partial charge in [-0.05, 0) is 61.1 Å². The minimum Gasteiger partial charge on any atom is -0.294 e. The van der Waals surface area contributed by atoms with Crippen LogP contribution in [0.25, 0.3) is 0 Å². The molecule has 1 aliphatic heterocycles. The molecule has 1 heterocycles. The number of carbonyl (C=O) groups excluding carboxylic acids is 3. The second kappa shape index (κ2) is 5.54. The molecule has 6 atom stereocenters. The van der Waals surface area contributed by atoms with Crippen molar-refractivity contribution >= 4 is 23.4 Å². The molecule has 1 aromatic carbocycles. The highest BCUT2D eigenvalue weighted by molar-refractivity contribution is 6.07. The average Bonchev–Trinajstić information content (AvgIpc) is 3.42. The normalized spacial score (nSPS) is 35.3. The van der Waals surface area contributed by atoms with Gasteiger partial charge in [0, 0.05) is 12.6 Å². The number of aryl methyl sites for hydroxylation is 1. The van der Waals surface area contributed by atoms with Crippen molar-refractivity contribution in [3.8, 4) is 0 Å². The Balaban J connectivity index is 1.47. The van der Waals surface area contributed by atoms with Crippen LogP contribution in [0.15, 0.2) is 30.4 Å². The maximum Gasteiger partial charge on any atom is 0.235 e. The molecule has 2 bridgehead atoms. The lowest BCUT2D eigenvalue weighted by molar-refractivity contribution is -0.140. The van der Waals surface area contributed by atoms with Gasteiger partial charge in [0.15, 0.2) is 0 Å². The Kier molecular flexibility index (Phi) is 3.43. The Morgan fingerprint density at radius 1 is 1.07 bits per heavy atom. The molecular weight excluding hydrogens is 340 g/mol. The van der Waals surface area contributed by atoms with E-state index in [-0.39, 0.29) is 48.1 Å². The van der Waals surface area contributed by atoms with Crippen LogP contribution in [-0.4, -0.2) is 29.3 Å². The van der Waals surface area contributed by atoms with E-state index in [1.807, 2.05) is 32.0 Å². The van der Waals surface area contributed by atoms with Crippen molar-refractivity contribution < 1.29 is 14.4 Å². The summed E-state index contributed by atoms with van der Waals surface area (Å²) < 4.78 is 0. The van der Waals surface area contributed by atoms with Gasteiger partial charge in [0.25, 0.3) is 0 Å². The number of likely N-dealkylation sites (tertiary alicyclic amines) is 1. The van der Waals surface area contributed by atoms with Gasteiger partial charge in [0.05, 0.1) is 11.8 Å². The summed E-state index contributed by atoms with van der Waals surface area (Å²) in [6.07, 6.45) is 5.49. The van der Waals surface area contributed by atoms with Crippen LogP contribution >= 0.6 is 0 Å². The Morgan fingerprint density at radius 3 is 2.22 bits per heavy atom. The highest BCUT2D eigenvalue weighted by Gasteiger charge is 2.67. The first-order valence-electron chi connectivity index (χ1n) is 9.78. The predicted molar refractivity (Wildman–Crippen MR) is 100 cm³/mol. The van der Waals surface area contributed by atoms with E-state index in [1.165, 1.54) is 11.8 Å². The van der Waals surface area contributed by atoms with Crippen LogP contribution in [0, 0.1) is 49.4 Å². The zero-order valence-electron chi connectivity index (χ0n) is 15.9. The number of rotatable bonds is 3.